The Kier molecular flexibility index (Phi) is 6.60. The fraction of sp³-hybridized carbons (Fsp3) is 0.174. The first-order valence-electron chi connectivity index (χ1n) is 9.39. The monoisotopic (exact) mass is 485 g/mol. The number of rotatable bonds is 5. The normalized spacial score (nSPS) is 14.9. The summed E-state index contributed by atoms with van der Waals surface area (Å²) in [5.41, 5.74) is 1.75. The molecule has 0 bridgehead atoms. The van der Waals surface area contributed by atoms with Gasteiger partial charge in [0.2, 0.25) is 0 Å². The van der Waals surface area contributed by atoms with E-state index in [2.05, 4.69) is 15.9 Å². The first-order chi connectivity index (χ1) is 14.8. The first-order valence-corrected chi connectivity index (χ1v) is 10.2. The van der Waals surface area contributed by atoms with Crippen LogP contribution in [0.4, 0.5) is 5.69 Å². The minimum atomic E-state index is -0.669. The highest BCUT2D eigenvalue weighted by Crippen LogP contribution is 2.36. The number of benzene rings is 2. The lowest BCUT2D eigenvalue weighted by molar-refractivity contribution is -0.136. The van der Waals surface area contributed by atoms with Crippen LogP contribution in [-0.4, -0.2) is 36.7 Å². The number of esters is 2. The van der Waals surface area contributed by atoms with Crippen molar-refractivity contribution >= 4 is 45.5 Å². The van der Waals surface area contributed by atoms with E-state index in [0.717, 1.165) is 0 Å². The summed E-state index contributed by atoms with van der Waals surface area (Å²) in [5, 5.41) is 10.2. The number of carbonyl (C=O) groups is 3. The molecule has 0 aromatic heterocycles. The molecule has 0 atom stereocenters. The van der Waals surface area contributed by atoms with Gasteiger partial charge in [0.05, 0.1) is 30.4 Å². The maximum absolute atomic E-state index is 13.3. The van der Waals surface area contributed by atoms with Gasteiger partial charge in [-0.1, -0.05) is 15.9 Å². The number of amides is 1. The van der Waals surface area contributed by atoms with Crippen LogP contribution in [0.1, 0.15) is 29.8 Å². The number of phenolic OH excluding ortho intramolecular Hbond substituents is 1. The number of methoxy groups -OCH3 is 1. The van der Waals surface area contributed by atoms with Crippen molar-refractivity contribution in [2.24, 2.45) is 0 Å². The zero-order valence-corrected chi connectivity index (χ0v) is 18.7. The van der Waals surface area contributed by atoms with Gasteiger partial charge in [0.15, 0.2) is 0 Å². The molecule has 1 aliphatic heterocycles. The van der Waals surface area contributed by atoms with Crippen molar-refractivity contribution in [3.63, 3.8) is 0 Å². The van der Waals surface area contributed by atoms with Crippen molar-refractivity contribution in [3.8, 4) is 5.75 Å². The first kappa shape index (κ1) is 22.3. The molecule has 8 heteroatoms. The predicted molar refractivity (Wildman–Crippen MR) is 118 cm³/mol. The van der Waals surface area contributed by atoms with E-state index >= 15 is 0 Å². The van der Waals surface area contributed by atoms with Crippen LogP contribution < -0.4 is 4.90 Å². The number of allylic oxidation sites excluding steroid dienone is 1. The molecule has 1 aliphatic rings. The van der Waals surface area contributed by atoms with Crippen molar-refractivity contribution < 1.29 is 29.0 Å². The molecule has 31 heavy (non-hydrogen) atoms. The Hall–Kier alpha value is -3.39. The number of phenols is 1. The molecule has 0 saturated heterocycles. The average Bonchev–Trinajstić information content (AvgIpc) is 3.00. The summed E-state index contributed by atoms with van der Waals surface area (Å²) in [6.07, 6.45) is 1.45. The molecular formula is C23H20BrNO6. The van der Waals surface area contributed by atoms with Crippen molar-refractivity contribution in [1.82, 2.24) is 0 Å². The Labute approximate surface area is 187 Å². The highest BCUT2D eigenvalue weighted by atomic mass is 79.9. The molecule has 0 unspecified atom stereocenters. The number of anilines is 1. The number of halogens is 1. The number of aromatic hydroxyl groups is 1. The Morgan fingerprint density at radius 2 is 1.81 bits per heavy atom. The molecule has 0 fully saturated rings. The summed E-state index contributed by atoms with van der Waals surface area (Å²) in [6, 6.07) is 11.1. The molecule has 2 aromatic carbocycles. The molecular weight excluding hydrogens is 466 g/mol. The second-order valence-electron chi connectivity index (χ2n) is 6.62. The Morgan fingerprint density at radius 3 is 2.42 bits per heavy atom. The quantitative estimate of drug-likeness (QED) is 0.503. The largest absolute Gasteiger partial charge is 0.507 e. The highest BCUT2D eigenvalue weighted by molar-refractivity contribution is 9.10. The van der Waals surface area contributed by atoms with E-state index in [1.165, 1.54) is 24.2 Å². The van der Waals surface area contributed by atoms with Crippen LogP contribution in [0.25, 0.3) is 6.08 Å². The van der Waals surface area contributed by atoms with Gasteiger partial charge >= 0.3 is 11.9 Å². The van der Waals surface area contributed by atoms with E-state index in [9.17, 15) is 19.5 Å². The number of hydrogen-bond acceptors (Lipinski definition) is 6. The molecule has 0 radical (unpaired) electrons. The molecule has 1 N–H and O–H groups in total. The topological polar surface area (TPSA) is 93.1 Å². The van der Waals surface area contributed by atoms with E-state index < -0.39 is 17.8 Å². The lowest BCUT2D eigenvalue weighted by Gasteiger charge is -2.18. The Bertz CT molecular complexity index is 1120. The van der Waals surface area contributed by atoms with Crippen LogP contribution in [-0.2, 0) is 19.1 Å². The van der Waals surface area contributed by atoms with E-state index in [4.69, 9.17) is 9.47 Å². The smallest absolute Gasteiger partial charge is 0.340 e. The van der Waals surface area contributed by atoms with Crippen molar-refractivity contribution in [3.05, 3.63) is 74.9 Å². The highest BCUT2D eigenvalue weighted by Gasteiger charge is 2.38. The van der Waals surface area contributed by atoms with Gasteiger partial charge in [-0.3, -0.25) is 9.69 Å². The fourth-order valence-electron chi connectivity index (χ4n) is 3.25. The second kappa shape index (κ2) is 9.18. The third kappa shape index (κ3) is 4.39. The maximum Gasteiger partial charge on any atom is 0.340 e. The molecule has 1 heterocycles. The summed E-state index contributed by atoms with van der Waals surface area (Å²) in [7, 11) is 1.23. The van der Waals surface area contributed by atoms with E-state index in [0.29, 0.717) is 27.0 Å². The number of hydrogen-bond donors (Lipinski definition) is 1. The van der Waals surface area contributed by atoms with Gasteiger partial charge in [-0.2, -0.15) is 0 Å². The van der Waals surface area contributed by atoms with Crippen LogP contribution >= 0.6 is 15.9 Å². The van der Waals surface area contributed by atoms with Crippen LogP contribution in [0.3, 0.4) is 0 Å². The SMILES string of the molecule is CCOC(=O)c1ccc(N2C(=O)/C(=C\c3cc(Br)ccc3O)C(C(=O)OC)=C2C)cc1. The summed E-state index contributed by atoms with van der Waals surface area (Å²) < 4.78 is 10.6. The van der Waals surface area contributed by atoms with Gasteiger partial charge in [-0.25, -0.2) is 9.59 Å². The average molecular weight is 486 g/mol. The molecule has 7 nitrogen and oxygen atoms in total. The van der Waals surface area contributed by atoms with Gasteiger partial charge in [0.1, 0.15) is 5.75 Å². The lowest BCUT2D eigenvalue weighted by atomic mass is 10.0. The van der Waals surface area contributed by atoms with Gasteiger partial charge in [-0.15, -0.1) is 0 Å². The van der Waals surface area contributed by atoms with Crippen molar-refractivity contribution in [1.29, 1.82) is 0 Å². The van der Waals surface area contributed by atoms with E-state index in [1.54, 1.807) is 50.2 Å². The van der Waals surface area contributed by atoms with Gasteiger partial charge in [-0.05, 0) is 62.4 Å². The second-order valence-corrected chi connectivity index (χ2v) is 7.54. The standard InChI is InChI=1S/C23H20BrNO6/c1-4-31-22(28)14-5-8-17(9-6-14)25-13(2)20(23(29)30-3)18(21(25)27)12-15-11-16(24)7-10-19(15)26/h5-12,26H,4H2,1-3H3/b18-12-. The molecule has 0 saturated carbocycles. The minimum absolute atomic E-state index is 0.0393. The molecule has 3 rings (SSSR count). The van der Waals surface area contributed by atoms with Gasteiger partial charge in [0, 0.05) is 21.4 Å². The number of ether oxygens (including phenoxy) is 2. The van der Waals surface area contributed by atoms with E-state index in [1.807, 2.05) is 0 Å². The summed E-state index contributed by atoms with van der Waals surface area (Å²) in [4.78, 5) is 39.0. The fourth-order valence-corrected chi connectivity index (χ4v) is 3.63. The number of nitrogens with zero attached hydrogens (tertiary/aromatic N) is 1. The predicted octanol–water partition coefficient (Wildman–Crippen LogP) is 4.21. The maximum atomic E-state index is 13.3. The molecule has 0 spiro atoms. The van der Waals surface area contributed by atoms with Crippen LogP contribution in [0, 0.1) is 0 Å². The van der Waals surface area contributed by atoms with Gasteiger partial charge < -0.3 is 14.6 Å². The molecule has 2 aromatic rings. The van der Waals surface area contributed by atoms with Crippen LogP contribution in [0.2, 0.25) is 0 Å². The Balaban J connectivity index is 2.07. The lowest BCUT2D eigenvalue weighted by Crippen LogP contribution is -2.24. The van der Waals surface area contributed by atoms with Crippen LogP contribution in [0.15, 0.2) is 63.8 Å². The summed E-state index contributed by atoms with van der Waals surface area (Å²) in [6.45, 7) is 3.60. The zero-order valence-electron chi connectivity index (χ0n) is 17.1. The summed E-state index contributed by atoms with van der Waals surface area (Å²) in [5.74, 6) is -1.63. The van der Waals surface area contributed by atoms with Crippen LogP contribution in [0.5, 0.6) is 5.75 Å². The zero-order chi connectivity index (χ0) is 22.7. The molecule has 1 amide bonds. The number of carbonyl (C=O) groups excluding carboxylic acids is 3. The summed E-state index contributed by atoms with van der Waals surface area (Å²) >= 11 is 3.33. The third-order valence-electron chi connectivity index (χ3n) is 4.72. The van der Waals surface area contributed by atoms with Crippen molar-refractivity contribution in [2.45, 2.75) is 13.8 Å². The third-order valence-corrected chi connectivity index (χ3v) is 5.21. The molecule has 0 aliphatic carbocycles. The molecule has 160 valence electrons. The minimum Gasteiger partial charge on any atom is -0.507 e. The van der Waals surface area contributed by atoms with Crippen molar-refractivity contribution in [2.75, 3.05) is 18.6 Å². The van der Waals surface area contributed by atoms with Gasteiger partial charge in [0.25, 0.3) is 5.91 Å². The Morgan fingerprint density at radius 1 is 1.13 bits per heavy atom. The van der Waals surface area contributed by atoms with E-state index in [-0.39, 0.29) is 23.5 Å².